The molecule has 1 atom stereocenters. The van der Waals surface area contributed by atoms with Crippen molar-refractivity contribution in [1.29, 1.82) is 0 Å². The highest BCUT2D eigenvalue weighted by Crippen LogP contribution is 2.29. The molecule has 2 rings (SSSR count). The summed E-state index contributed by atoms with van der Waals surface area (Å²) >= 11 is 6.14. The van der Waals surface area contributed by atoms with Crippen LogP contribution in [-0.4, -0.2) is 39.7 Å². The van der Waals surface area contributed by atoms with Gasteiger partial charge in [-0.05, 0) is 18.2 Å². The minimum absolute atomic E-state index is 0.0957. The summed E-state index contributed by atoms with van der Waals surface area (Å²) in [4.78, 5) is 24.2. The summed E-state index contributed by atoms with van der Waals surface area (Å²) in [6.45, 7) is 0.0957. The third kappa shape index (κ3) is 5.35. The van der Waals surface area contributed by atoms with Gasteiger partial charge in [0.25, 0.3) is 0 Å². The van der Waals surface area contributed by atoms with Gasteiger partial charge in [0, 0.05) is 36.0 Å². The first-order valence-corrected chi connectivity index (χ1v) is 8.46. The van der Waals surface area contributed by atoms with Crippen LogP contribution in [0, 0.1) is 0 Å². The lowest BCUT2D eigenvalue weighted by Crippen LogP contribution is -2.38. The van der Waals surface area contributed by atoms with E-state index in [0.717, 1.165) is 5.56 Å². The summed E-state index contributed by atoms with van der Waals surface area (Å²) in [5.41, 5.74) is 1.13. The maximum Gasteiger partial charge on any atom is 0.313 e. The molecule has 0 aliphatic carbocycles. The Morgan fingerprint density at radius 2 is 1.70 bits per heavy atom. The van der Waals surface area contributed by atoms with Gasteiger partial charge in [-0.2, -0.15) is 0 Å². The van der Waals surface area contributed by atoms with Crippen LogP contribution in [0.25, 0.3) is 0 Å². The summed E-state index contributed by atoms with van der Waals surface area (Å²) in [5.74, 6) is -0.647. The second-order valence-corrected chi connectivity index (χ2v) is 5.89. The van der Waals surface area contributed by atoms with E-state index in [4.69, 9.17) is 25.8 Å². The summed E-state index contributed by atoms with van der Waals surface area (Å²) in [6.07, 6.45) is -0.475. The highest BCUT2D eigenvalue weighted by molar-refractivity contribution is 6.39. The number of anilines is 1. The summed E-state index contributed by atoms with van der Waals surface area (Å²) in [7, 11) is 4.49. The molecule has 27 heavy (non-hydrogen) atoms. The maximum absolute atomic E-state index is 12.1. The molecule has 2 N–H and O–H groups in total. The van der Waals surface area contributed by atoms with Crippen LogP contribution in [0.15, 0.2) is 42.5 Å². The number of carbonyl (C=O) groups excluding carboxylic acids is 2. The van der Waals surface area contributed by atoms with Crippen molar-refractivity contribution in [1.82, 2.24) is 5.32 Å². The van der Waals surface area contributed by atoms with Gasteiger partial charge >= 0.3 is 11.8 Å². The third-order valence-corrected chi connectivity index (χ3v) is 4.18. The Morgan fingerprint density at radius 3 is 2.33 bits per heavy atom. The topological polar surface area (TPSA) is 85.9 Å². The second kappa shape index (κ2) is 9.80. The Morgan fingerprint density at radius 1 is 1.00 bits per heavy atom. The lowest BCUT2D eigenvalue weighted by atomic mass is 10.1. The number of hydrogen-bond acceptors (Lipinski definition) is 5. The predicted octanol–water partition coefficient (Wildman–Crippen LogP) is 2.80. The lowest BCUT2D eigenvalue weighted by Gasteiger charge is -2.17. The zero-order valence-electron chi connectivity index (χ0n) is 15.2. The molecule has 0 spiro atoms. The van der Waals surface area contributed by atoms with Crippen molar-refractivity contribution in [2.75, 3.05) is 33.2 Å². The maximum atomic E-state index is 12.1. The van der Waals surface area contributed by atoms with Crippen molar-refractivity contribution in [3.8, 4) is 11.5 Å². The van der Waals surface area contributed by atoms with Gasteiger partial charge in [0.05, 0.1) is 14.2 Å². The first kappa shape index (κ1) is 20.5. The molecule has 0 radical (unpaired) electrons. The van der Waals surface area contributed by atoms with Crippen molar-refractivity contribution in [3.05, 3.63) is 53.1 Å². The van der Waals surface area contributed by atoms with Crippen molar-refractivity contribution >= 4 is 29.1 Å². The normalized spacial score (nSPS) is 11.4. The zero-order valence-corrected chi connectivity index (χ0v) is 16.0. The fourth-order valence-electron chi connectivity index (χ4n) is 2.42. The first-order chi connectivity index (χ1) is 13.0. The number of benzene rings is 2. The Kier molecular flexibility index (Phi) is 7.45. The Bertz CT molecular complexity index is 812. The molecular weight excluding hydrogens is 372 g/mol. The average molecular weight is 393 g/mol. The molecule has 7 nitrogen and oxygen atoms in total. The van der Waals surface area contributed by atoms with Crippen LogP contribution in [0.2, 0.25) is 5.02 Å². The number of rotatable bonds is 7. The second-order valence-electron chi connectivity index (χ2n) is 5.48. The van der Waals surface area contributed by atoms with Gasteiger partial charge in [0.15, 0.2) is 11.5 Å². The number of hydrogen-bond donors (Lipinski definition) is 2. The van der Waals surface area contributed by atoms with E-state index >= 15 is 0 Å². The van der Waals surface area contributed by atoms with Crippen molar-refractivity contribution in [3.63, 3.8) is 0 Å². The van der Waals surface area contributed by atoms with Gasteiger partial charge in [0.2, 0.25) is 0 Å². The van der Waals surface area contributed by atoms with E-state index in [9.17, 15) is 9.59 Å². The van der Waals surface area contributed by atoms with E-state index in [2.05, 4.69) is 10.6 Å². The van der Waals surface area contributed by atoms with E-state index in [-0.39, 0.29) is 6.54 Å². The van der Waals surface area contributed by atoms with Gasteiger partial charge in [-0.15, -0.1) is 0 Å². The van der Waals surface area contributed by atoms with E-state index < -0.39 is 17.9 Å². The van der Waals surface area contributed by atoms with Crippen LogP contribution in [0.1, 0.15) is 11.7 Å². The molecule has 0 bridgehead atoms. The molecule has 0 fully saturated rings. The van der Waals surface area contributed by atoms with Crippen LogP contribution in [0.5, 0.6) is 11.5 Å². The number of methoxy groups -OCH3 is 3. The van der Waals surface area contributed by atoms with Gasteiger partial charge in [-0.25, -0.2) is 0 Å². The number of carbonyl (C=O) groups is 2. The molecule has 0 saturated heterocycles. The average Bonchev–Trinajstić information content (AvgIpc) is 2.69. The minimum Gasteiger partial charge on any atom is -0.493 e. The summed E-state index contributed by atoms with van der Waals surface area (Å²) < 4.78 is 15.7. The fraction of sp³-hybridized carbons (Fsp3) is 0.263. The Balaban J connectivity index is 1.97. The first-order valence-electron chi connectivity index (χ1n) is 8.08. The monoisotopic (exact) mass is 392 g/mol. The highest BCUT2D eigenvalue weighted by atomic mass is 35.5. The van der Waals surface area contributed by atoms with Gasteiger partial charge in [0.1, 0.15) is 6.10 Å². The molecule has 1 unspecified atom stereocenters. The minimum atomic E-state index is -0.809. The number of amides is 2. The predicted molar refractivity (Wildman–Crippen MR) is 102 cm³/mol. The summed E-state index contributed by atoms with van der Waals surface area (Å²) in [6, 6.07) is 11.9. The van der Waals surface area contributed by atoms with Crippen LogP contribution in [0.4, 0.5) is 5.69 Å². The fourth-order valence-corrected chi connectivity index (χ4v) is 2.68. The number of halogens is 1. The molecule has 2 aromatic rings. The molecule has 0 saturated carbocycles. The molecule has 144 valence electrons. The number of nitrogens with one attached hydrogen (secondary N) is 2. The molecule has 0 aromatic heterocycles. The smallest absolute Gasteiger partial charge is 0.313 e. The molecule has 0 aliphatic rings. The quantitative estimate of drug-likeness (QED) is 0.708. The van der Waals surface area contributed by atoms with Crippen molar-refractivity contribution in [2.24, 2.45) is 0 Å². The van der Waals surface area contributed by atoms with Crippen LogP contribution in [0.3, 0.4) is 0 Å². The van der Waals surface area contributed by atoms with Gasteiger partial charge in [-0.1, -0.05) is 29.8 Å². The lowest BCUT2D eigenvalue weighted by molar-refractivity contribution is -0.136. The van der Waals surface area contributed by atoms with Crippen LogP contribution >= 0.6 is 11.6 Å². The third-order valence-electron chi connectivity index (χ3n) is 3.83. The Labute approximate surface area is 162 Å². The van der Waals surface area contributed by atoms with Gasteiger partial charge in [-0.3, -0.25) is 9.59 Å². The molecular formula is C19H21ClN2O5. The summed E-state index contributed by atoms with van der Waals surface area (Å²) in [5, 5.41) is 5.57. The van der Waals surface area contributed by atoms with E-state index in [1.807, 2.05) is 6.07 Å². The SMILES string of the molecule is COc1ccc(NC(=O)C(=O)NCC(OC)c2ccccc2Cl)cc1OC. The van der Waals surface area contributed by atoms with Crippen LogP contribution < -0.4 is 20.1 Å². The van der Waals surface area contributed by atoms with Crippen molar-refractivity contribution in [2.45, 2.75) is 6.10 Å². The van der Waals surface area contributed by atoms with Crippen molar-refractivity contribution < 1.29 is 23.8 Å². The highest BCUT2D eigenvalue weighted by Gasteiger charge is 2.19. The van der Waals surface area contributed by atoms with Crippen LogP contribution in [-0.2, 0) is 14.3 Å². The molecule has 8 heteroatoms. The standard InChI is InChI=1S/C19H21ClN2O5/c1-25-15-9-8-12(10-16(15)26-2)22-19(24)18(23)21-11-17(27-3)13-6-4-5-7-14(13)20/h4-10,17H,11H2,1-3H3,(H,21,23)(H,22,24). The Hall–Kier alpha value is -2.77. The molecule has 0 heterocycles. The molecule has 0 aliphatic heterocycles. The largest absolute Gasteiger partial charge is 0.493 e. The van der Waals surface area contributed by atoms with E-state index in [1.54, 1.807) is 36.4 Å². The van der Waals surface area contributed by atoms with E-state index in [0.29, 0.717) is 22.2 Å². The van der Waals surface area contributed by atoms with Gasteiger partial charge < -0.3 is 24.8 Å². The molecule has 2 amide bonds. The molecule has 2 aromatic carbocycles. The van der Waals surface area contributed by atoms with E-state index in [1.165, 1.54) is 21.3 Å². The zero-order chi connectivity index (χ0) is 19.8. The number of ether oxygens (including phenoxy) is 3.